The van der Waals surface area contributed by atoms with E-state index in [1.165, 1.54) is 6.92 Å². The lowest BCUT2D eigenvalue weighted by Crippen LogP contribution is -1.95. The molecule has 0 saturated carbocycles. The van der Waals surface area contributed by atoms with Crippen LogP contribution in [0, 0.1) is 0 Å². The SMILES string of the molecule is CC(=S)[P+](O)(O)O. The van der Waals surface area contributed by atoms with Crippen molar-refractivity contribution >= 4 is 24.8 Å². The zero-order valence-electron chi connectivity index (χ0n) is 3.70. The maximum Gasteiger partial charge on any atom is 0.447 e. The first-order chi connectivity index (χ1) is 2.94. The molecule has 0 aliphatic heterocycles. The van der Waals surface area contributed by atoms with Gasteiger partial charge in [0.1, 0.15) is 0 Å². The van der Waals surface area contributed by atoms with E-state index in [1.807, 2.05) is 0 Å². The van der Waals surface area contributed by atoms with E-state index in [4.69, 9.17) is 14.7 Å². The highest BCUT2D eigenvalue weighted by Gasteiger charge is 2.33. The van der Waals surface area contributed by atoms with Crippen LogP contribution in [0.5, 0.6) is 0 Å². The van der Waals surface area contributed by atoms with Gasteiger partial charge in [-0.25, -0.2) is 0 Å². The fourth-order valence-corrected chi connectivity index (χ4v) is 0. The number of hydrogen-bond acceptors (Lipinski definition) is 4. The first kappa shape index (κ1) is 7.40. The Labute approximate surface area is 47.2 Å². The van der Waals surface area contributed by atoms with Gasteiger partial charge in [-0.3, -0.25) is 0 Å². The lowest BCUT2D eigenvalue weighted by Gasteiger charge is -1.96. The summed E-state index contributed by atoms with van der Waals surface area (Å²) in [6, 6.07) is 0. The van der Waals surface area contributed by atoms with Crippen LogP contribution in [0.15, 0.2) is 0 Å². The second-order valence-corrected chi connectivity index (χ2v) is 3.81. The van der Waals surface area contributed by atoms with E-state index < -0.39 is 7.94 Å². The molecule has 0 atom stereocenters. The summed E-state index contributed by atoms with van der Waals surface area (Å²) in [6.45, 7) is 1.28. The largest absolute Gasteiger partial charge is 0.447 e. The van der Waals surface area contributed by atoms with Gasteiger partial charge in [0.25, 0.3) is 0 Å². The molecule has 0 heterocycles. The molecule has 0 aromatic carbocycles. The molecule has 3 N–H and O–H groups in total. The van der Waals surface area contributed by atoms with Gasteiger partial charge >= 0.3 is 7.94 Å². The highest BCUT2D eigenvalue weighted by Crippen LogP contribution is 2.45. The molecule has 0 rings (SSSR count). The second-order valence-electron chi connectivity index (χ2n) is 1.09. The van der Waals surface area contributed by atoms with Gasteiger partial charge in [-0.2, -0.15) is 14.7 Å². The fraction of sp³-hybridized carbons (Fsp3) is 0.500. The lowest BCUT2D eigenvalue weighted by atomic mass is 11.0. The van der Waals surface area contributed by atoms with Crippen LogP contribution < -0.4 is 0 Å². The smallest absolute Gasteiger partial charge is 0.188 e. The zero-order chi connectivity index (χ0) is 6.08. The molecule has 0 saturated heterocycles. The molecule has 0 unspecified atom stereocenters. The van der Waals surface area contributed by atoms with Crippen molar-refractivity contribution in [3.63, 3.8) is 0 Å². The maximum absolute atomic E-state index is 8.18. The summed E-state index contributed by atoms with van der Waals surface area (Å²) >= 11 is 4.23. The van der Waals surface area contributed by atoms with Gasteiger partial charge in [0, 0.05) is 6.92 Å². The zero-order valence-corrected chi connectivity index (χ0v) is 5.41. The van der Waals surface area contributed by atoms with Crippen LogP contribution in [0.25, 0.3) is 0 Å². The first-order valence-electron chi connectivity index (χ1n) is 1.53. The molecule has 42 valence electrons. The third-order valence-corrected chi connectivity index (χ3v) is 2.00. The Morgan fingerprint density at radius 1 is 1.43 bits per heavy atom. The van der Waals surface area contributed by atoms with Gasteiger partial charge in [0.15, 0.2) is 0 Å². The molecule has 0 aromatic heterocycles. The van der Waals surface area contributed by atoms with E-state index in [9.17, 15) is 0 Å². The molecule has 0 aliphatic rings. The Hall–Kier alpha value is 0.400. The molecule has 5 heteroatoms. The highest BCUT2D eigenvalue weighted by molar-refractivity contribution is 7.99. The minimum atomic E-state index is -3.76. The molecule has 0 amide bonds. The van der Waals surface area contributed by atoms with Crippen molar-refractivity contribution in [2.75, 3.05) is 0 Å². The van der Waals surface area contributed by atoms with Gasteiger partial charge in [0.2, 0.25) is 4.61 Å². The monoisotopic (exact) mass is 141 g/mol. The summed E-state index contributed by atoms with van der Waals surface area (Å²) in [6.07, 6.45) is 0. The van der Waals surface area contributed by atoms with E-state index in [2.05, 4.69) is 12.2 Å². The predicted octanol–water partition coefficient (Wildman–Crippen LogP) is 0.0732. The van der Waals surface area contributed by atoms with Crippen LogP contribution in [0.2, 0.25) is 0 Å². The Kier molecular flexibility index (Phi) is 2.23. The summed E-state index contributed by atoms with van der Waals surface area (Å²) in [5.74, 6) is 0. The van der Waals surface area contributed by atoms with Crippen LogP contribution in [0.1, 0.15) is 6.92 Å². The Morgan fingerprint density at radius 3 is 1.57 bits per heavy atom. The van der Waals surface area contributed by atoms with Gasteiger partial charge in [0.05, 0.1) is 0 Å². The second kappa shape index (κ2) is 2.11. The molecule has 0 fully saturated rings. The quantitative estimate of drug-likeness (QED) is 0.357. The maximum atomic E-state index is 8.18. The Morgan fingerprint density at radius 2 is 1.57 bits per heavy atom. The van der Waals surface area contributed by atoms with Crippen molar-refractivity contribution < 1.29 is 14.7 Å². The number of thiocarbonyl (C=S) groups is 1. The van der Waals surface area contributed by atoms with Crippen LogP contribution in [0.4, 0.5) is 0 Å². The molecule has 0 radical (unpaired) electrons. The molecule has 7 heavy (non-hydrogen) atoms. The van der Waals surface area contributed by atoms with Crippen LogP contribution in [-0.4, -0.2) is 19.3 Å². The molecule has 0 spiro atoms. The molecule has 0 aliphatic carbocycles. The van der Waals surface area contributed by atoms with Crippen LogP contribution >= 0.6 is 20.2 Å². The summed E-state index contributed by atoms with van der Waals surface area (Å²) < 4.78 is -0.146. The van der Waals surface area contributed by atoms with Crippen molar-refractivity contribution in [2.45, 2.75) is 6.92 Å². The molecular weight excluding hydrogens is 135 g/mol. The number of rotatable bonds is 1. The molecule has 0 aromatic rings. The lowest BCUT2D eigenvalue weighted by molar-refractivity contribution is 0.352. The van der Waals surface area contributed by atoms with Crippen molar-refractivity contribution in [1.29, 1.82) is 0 Å². The minimum absolute atomic E-state index is 0.146. The molecule has 3 nitrogen and oxygen atoms in total. The molecule has 0 bridgehead atoms. The van der Waals surface area contributed by atoms with Gasteiger partial charge in [-0.1, -0.05) is 0 Å². The molecular formula is C2H6O3PS+. The summed E-state index contributed by atoms with van der Waals surface area (Å²) in [5.41, 5.74) is 0. The van der Waals surface area contributed by atoms with E-state index in [0.29, 0.717) is 0 Å². The van der Waals surface area contributed by atoms with Crippen molar-refractivity contribution in [3.8, 4) is 0 Å². The van der Waals surface area contributed by atoms with Gasteiger partial charge in [-0.05, 0) is 12.2 Å². The number of hydrogen-bond donors (Lipinski definition) is 3. The summed E-state index contributed by atoms with van der Waals surface area (Å²) in [5, 5.41) is 0. The van der Waals surface area contributed by atoms with E-state index in [0.717, 1.165) is 0 Å². The fourth-order valence-electron chi connectivity index (χ4n) is 0. The predicted molar refractivity (Wildman–Crippen MR) is 31.8 cm³/mol. The van der Waals surface area contributed by atoms with Gasteiger partial charge in [-0.15, -0.1) is 0 Å². The van der Waals surface area contributed by atoms with Crippen molar-refractivity contribution in [2.24, 2.45) is 0 Å². The summed E-state index contributed by atoms with van der Waals surface area (Å²) in [7, 11) is -3.76. The summed E-state index contributed by atoms with van der Waals surface area (Å²) in [4.78, 5) is 24.5. The van der Waals surface area contributed by atoms with Crippen LogP contribution in [0.3, 0.4) is 0 Å². The van der Waals surface area contributed by atoms with Crippen molar-refractivity contribution in [1.82, 2.24) is 0 Å². The first-order valence-corrected chi connectivity index (χ1v) is 3.58. The van der Waals surface area contributed by atoms with Gasteiger partial charge < -0.3 is 0 Å². The van der Waals surface area contributed by atoms with Crippen LogP contribution in [-0.2, 0) is 0 Å². The van der Waals surface area contributed by atoms with Crippen molar-refractivity contribution in [3.05, 3.63) is 0 Å². The van der Waals surface area contributed by atoms with E-state index in [1.54, 1.807) is 0 Å². The van der Waals surface area contributed by atoms with E-state index in [-0.39, 0.29) is 4.61 Å². The third kappa shape index (κ3) is 3.02. The Bertz CT molecular complexity index is 85.4. The van der Waals surface area contributed by atoms with E-state index >= 15 is 0 Å². The minimum Gasteiger partial charge on any atom is -0.188 e. The standard InChI is InChI=1S/C2H6O3PS/c1-2(7)6(3,4)5/h3-5H,1H3/q+1. The average molecular weight is 141 g/mol. The topological polar surface area (TPSA) is 60.7 Å². The average Bonchev–Trinajstić information content (AvgIpc) is 1.31. The normalized spacial score (nSPS) is 11.4. The Balaban J connectivity index is 3.79. The third-order valence-electron chi connectivity index (χ3n) is 0.422. The highest BCUT2D eigenvalue weighted by atomic mass is 32.1.